The molecule has 2 atom stereocenters. The van der Waals surface area contributed by atoms with E-state index in [9.17, 15) is 14.7 Å². The third kappa shape index (κ3) is 4.70. The Bertz CT molecular complexity index is 1330. The fourth-order valence-electron chi connectivity index (χ4n) is 8.91. The third-order valence-corrected chi connectivity index (χ3v) is 10.9. The number of carboxylic acid groups (broad SMARTS) is 1. The predicted octanol–water partition coefficient (Wildman–Crippen LogP) is 4.95. The number of hydrogen-bond acceptors (Lipinski definition) is 6. The van der Waals surface area contributed by atoms with Crippen molar-refractivity contribution in [1.29, 1.82) is 0 Å². The van der Waals surface area contributed by atoms with Crippen molar-refractivity contribution in [3.63, 3.8) is 0 Å². The fourth-order valence-corrected chi connectivity index (χ4v) is 8.91. The van der Waals surface area contributed by atoms with Gasteiger partial charge in [0.2, 0.25) is 0 Å². The number of aromatic nitrogens is 1. The van der Waals surface area contributed by atoms with Crippen molar-refractivity contribution in [2.45, 2.75) is 64.5 Å². The summed E-state index contributed by atoms with van der Waals surface area (Å²) in [4.78, 5) is 39.8. The Labute approximate surface area is 248 Å². The van der Waals surface area contributed by atoms with Crippen LogP contribution in [-0.4, -0.2) is 77.8 Å². The van der Waals surface area contributed by atoms with Crippen molar-refractivity contribution in [3.05, 3.63) is 42.6 Å². The molecule has 2 amide bonds. The van der Waals surface area contributed by atoms with Crippen LogP contribution in [0.15, 0.2) is 42.6 Å². The second-order valence-corrected chi connectivity index (χ2v) is 14.3. The lowest BCUT2D eigenvalue weighted by Crippen LogP contribution is -2.62. The number of rotatable bonds is 4. The van der Waals surface area contributed by atoms with Gasteiger partial charge in [0.15, 0.2) is 0 Å². The number of pyridine rings is 1. The molecule has 2 aromatic rings. The normalized spacial score (nSPS) is 30.8. The van der Waals surface area contributed by atoms with E-state index in [1.807, 2.05) is 29.3 Å². The summed E-state index contributed by atoms with van der Waals surface area (Å²) in [6.45, 7) is 12.1. The lowest BCUT2D eigenvalue weighted by molar-refractivity contribution is -0.166. The molecule has 8 rings (SSSR count). The molecule has 6 aliphatic rings. The minimum Gasteiger partial charge on any atom is -0.481 e. The van der Waals surface area contributed by atoms with Gasteiger partial charge < -0.3 is 20.2 Å². The molecular weight excluding hydrogens is 528 g/mol. The average Bonchev–Trinajstić information content (AvgIpc) is 2.97. The maximum atomic E-state index is 13.8. The van der Waals surface area contributed by atoms with Gasteiger partial charge in [0.05, 0.1) is 28.7 Å². The molecule has 1 aromatic heterocycles. The summed E-state index contributed by atoms with van der Waals surface area (Å²) in [7, 11) is 0. The molecule has 1 aromatic carbocycles. The summed E-state index contributed by atoms with van der Waals surface area (Å²) in [5.41, 5.74) is 2.64. The van der Waals surface area contributed by atoms with Gasteiger partial charge in [0.1, 0.15) is 5.82 Å². The van der Waals surface area contributed by atoms with Crippen LogP contribution >= 0.6 is 0 Å². The molecule has 42 heavy (non-hydrogen) atoms. The van der Waals surface area contributed by atoms with Crippen molar-refractivity contribution in [3.8, 4) is 0 Å². The second kappa shape index (κ2) is 10.1. The van der Waals surface area contributed by atoms with Crippen LogP contribution in [0, 0.1) is 23.2 Å². The van der Waals surface area contributed by atoms with Crippen molar-refractivity contribution < 1.29 is 14.7 Å². The highest BCUT2D eigenvalue weighted by Gasteiger charge is 2.59. The molecule has 5 fully saturated rings. The van der Waals surface area contributed by atoms with Crippen LogP contribution in [0.3, 0.4) is 0 Å². The standard InChI is InChI=1S/C33H44N6O3/c1-32(2,3)37-12-10-36(11-13-37)25-8-9-28(34-21-25)38-14-15-39(27-7-5-4-6-26(27)38)31(42)35-29-23-16-22-17-24(29)20-33(18-22,19-23)30(40)41/h4-9,21-24,29H,10-20H2,1-3H3,(H,35,42)(H,40,41). The van der Waals surface area contributed by atoms with E-state index in [0.717, 1.165) is 68.3 Å². The van der Waals surface area contributed by atoms with E-state index in [1.54, 1.807) is 0 Å². The van der Waals surface area contributed by atoms with Gasteiger partial charge >= 0.3 is 12.0 Å². The minimum absolute atomic E-state index is 0.0613. The van der Waals surface area contributed by atoms with E-state index < -0.39 is 11.4 Å². The topological polar surface area (TPSA) is 92.2 Å². The van der Waals surface area contributed by atoms with Crippen LogP contribution in [0.4, 0.5) is 27.7 Å². The van der Waals surface area contributed by atoms with Gasteiger partial charge in [0.25, 0.3) is 0 Å². The summed E-state index contributed by atoms with van der Waals surface area (Å²) >= 11 is 0. The number of carboxylic acids is 1. The first-order chi connectivity index (χ1) is 20.1. The number of nitrogens with zero attached hydrogens (tertiary/aromatic N) is 5. The molecular formula is C33H44N6O3. The SMILES string of the molecule is CC(C)(C)N1CCN(c2ccc(N3CCN(C(=O)NC4C5CC6CC4CC(C(=O)O)(C6)C5)c4ccccc43)nc2)CC1. The van der Waals surface area contributed by atoms with Gasteiger partial charge in [-0.1, -0.05) is 12.1 Å². The summed E-state index contributed by atoms with van der Waals surface area (Å²) in [5, 5.41) is 13.4. The van der Waals surface area contributed by atoms with Crippen LogP contribution in [-0.2, 0) is 4.79 Å². The molecule has 3 heterocycles. The summed E-state index contributed by atoms with van der Waals surface area (Å²) in [6.07, 6.45) is 6.26. The Morgan fingerprint density at radius 3 is 2.21 bits per heavy atom. The van der Waals surface area contributed by atoms with E-state index in [-0.39, 0.29) is 29.4 Å². The number of aliphatic carboxylic acids is 1. The quantitative estimate of drug-likeness (QED) is 0.536. The van der Waals surface area contributed by atoms with Gasteiger partial charge in [-0.15, -0.1) is 0 Å². The molecule has 4 aliphatic carbocycles. The number of anilines is 4. The predicted molar refractivity (Wildman–Crippen MR) is 165 cm³/mol. The Balaban J connectivity index is 1.04. The van der Waals surface area contributed by atoms with E-state index in [1.165, 1.54) is 0 Å². The highest BCUT2D eigenvalue weighted by Crippen LogP contribution is 2.60. The summed E-state index contributed by atoms with van der Waals surface area (Å²) in [5.74, 6) is 1.25. The summed E-state index contributed by atoms with van der Waals surface area (Å²) < 4.78 is 0. The van der Waals surface area contributed by atoms with E-state index >= 15 is 0 Å². The van der Waals surface area contributed by atoms with E-state index in [2.05, 4.69) is 59.0 Å². The Kier molecular flexibility index (Phi) is 6.64. The minimum atomic E-state index is -0.638. The zero-order chi connectivity index (χ0) is 29.2. The Morgan fingerprint density at radius 2 is 1.60 bits per heavy atom. The number of piperazine rings is 1. The first-order valence-corrected chi connectivity index (χ1v) is 15.8. The first-order valence-electron chi connectivity index (χ1n) is 15.8. The highest BCUT2D eigenvalue weighted by atomic mass is 16.4. The van der Waals surface area contributed by atoms with Crippen LogP contribution < -0.4 is 20.0 Å². The van der Waals surface area contributed by atoms with Gasteiger partial charge in [-0.25, -0.2) is 9.78 Å². The number of nitrogens with one attached hydrogen (secondary N) is 1. The Hall–Kier alpha value is -3.33. The molecule has 9 heteroatoms. The van der Waals surface area contributed by atoms with E-state index in [4.69, 9.17) is 4.98 Å². The van der Waals surface area contributed by atoms with Gasteiger partial charge in [0, 0.05) is 50.8 Å². The van der Waals surface area contributed by atoms with Gasteiger partial charge in [-0.2, -0.15) is 0 Å². The second-order valence-electron chi connectivity index (χ2n) is 14.3. The molecule has 2 aliphatic heterocycles. The van der Waals surface area contributed by atoms with E-state index in [0.29, 0.717) is 31.8 Å². The molecule has 2 N–H and O–H groups in total. The van der Waals surface area contributed by atoms with Crippen LogP contribution in [0.2, 0.25) is 0 Å². The maximum absolute atomic E-state index is 13.8. The number of urea groups is 1. The number of carbonyl (C=O) groups excluding carboxylic acids is 1. The van der Waals surface area contributed by atoms with Crippen molar-refractivity contribution in [1.82, 2.24) is 15.2 Å². The number of benzene rings is 1. The maximum Gasteiger partial charge on any atom is 0.322 e. The third-order valence-electron chi connectivity index (χ3n) is 10.9. The molecule has 0 spiro atoms. The lowest BCUT2D eigenvalue weighted by Gasteiger charge is -2.58. The molecule has 4 saturated carbocycles. The highest BCUT2D eigenvalue weighted by molar-refractivity contribution is 5.98. The monoisotopic (exact) mass is 572 g/mol. The van der Waals surface area contributed by atoms with Crippen LogP contribution in [0.5, 0.6) is 0 Å². The molecule has 2 unspecified atom stereocenters. The molecule has 224 valence electrons. The molecule has 0 radical (unpaired) electrons. The largest absolute Gasteiger partial charge is 0.481 e. The molecule has 1 saturated heterocycles. The molecule has 9 nitrogen and oxygen atoms in total. The van der Waals surface area contributed by atoms with Crippen LogP contribution in [0.1, 0.15) is 52.9 Å². The van der Waals surface area contributed by atoms with Crippen LogP contribution in [0.25, 0.3) is 0 Å². The zero-order valence-electron chi connectivity index (χ0n) is 25.1. The van der Waals surface area contributed by atoms with Crippen molar-refractivity contribution >= 4 is 34.9 Å². The first kappa shape index (κ1) is 27.5. The van der Waals surface area contributed by atoms with Gasteiger partial charge in [-0.3, -0.25) is 14.6 Å². The average molecular weight is 573 g/mol. The summed E-state index contributed by atoms with van der Waals surface area (Å²) in [6, 6.07) is 12.3. The van der Waals surface area contributed by atoms with Crippen molar-refractivity contribution in [2.24, 2.45) is 23.2 Å². The number of para-hydroxylation sites is 2. The Morgan fingerprint density at radius 1 is 0.905 bits per heavy atom. The number of fused-ring (bicyclic) bond motifs is 1. The zero-order valence-corrected chi connectivity index (χ0v) is 25.1. The fraction of sp³-hybridized carbons (Fsp3) is 0.606. The molecule has 4 bridgehead atoms. The lowest BCUT2D eigenvalue weighted by atomic mass is 9.48. The van der Waals surface area contributed by atoms with Crippen molar-refractivity contribution in [2.75, 3.05) is 54.0 Å². The number of amides is 2. The smallest absolute Gasteiger partial charge is 0.322 e. The number of hydrogen-bond donors (Lipinski definition) is 2. The number of carbonyl (C=O) groups is 2. The van der Waals surface area contributed by atoms with Gasteiger partial charge in [-0.05, 0) is 94.9 Å².